The van der Waals surface area contributed by atoms with Crippen LogP contribution in [-0.2, 0) is 13.6 Å². The molecule has 0 radical (unpaired) electrons. The highest BCUT2D eigenvalue weighted by molar-refractivity contribution is 6.39. The highest BCUT2D eigenvalue weighted by Gasteiger charge is 2.31. The summed E-state index contributed by atoms with van der Waals surface area (Å²) in [7, 11) is 2.84. The molecule has 1 heterocycles. The summed E-state index contributed by atoms with van der Waals surface area (Å²) in [5.41, 5.74) is 1.09. The number of alkyl halides is 3. The lowest BCUT2D eigenvalue weighted by molar-refractivity contribution is -0.144. The normalized spacial score (nSPS) is 11.7. The Bertz CT molecular complexity index is 1240. The Kier molecular flexibility index (Phi) is 8.25. The van der Waals surface area contributed by atoms with Gasteiger partial charge < -0.3 is 4.74 Å². The van der Waals surface area contributed by atoms with Gasteiger partial charge in [0, 0.05) is 35.3 Å². The van der Waals surface area contributed by atoms with E-state index in [4.69, 9.17) is 27.9 Å². The maximum atomic E-state index is 13.5. The predicted octanol–water partition coefficient (Wildman–Crippen LogP) is 5.52. The van der Waals surface area contributed by atoms with Crippen LogP contribution in [0.1, 0.15) is 37.5 Å². The largest absolute Gasteiger partial charge is 0.469 e. The Balaban J connectivity index is 1.90. The molecule has 0 saturated carbocycles. The van der Waals surface area contributed by atoms with Gasteiger partial charge in [0.05, 0.1) is 17.3 Å². The molecular weight excluding hydrogens is 506 g/mol. The number of benzene rings is 2. The lowest BCUT2D eigenvalue weighted by atomic mass is 10.0. The van der Waals surface area contributed by atoms with Crippen molar-refractivity contribution in [3.8, 4) is 5.88 Å². The molecule has 35 heavy (non-hydrogen) atoms. The van der Waals surface area contributed by atoms with Gasteiger partial charge in [-0.3, -0.25) is 14.5 Å². The zero-order chi connectivity index (χ0) is 25.9. The Morgan fingerprint density at radius 3 is 2.40 bits per heavy atom. The molecule has 186 valence electrons. The number of ketones is 2. The summed E-state index contributed by atoms with van der Waals surface area (Å²) in [5.74, 6) is -0.778. The summed E-state index contributed by atoms with van der Waals surface area (Å²) >= 11 is 12.7. The quantitative estimate of drug-likeness (QED) is 0.342. The van der Waals surface area contributed by atoms with E-state index in [1.807, 2.05) is 0 Å². The number of aryl methyl sites for hydroxylation is 2. The third kappa shape index (κ3) is 6.42. The maximum Gasteiger partial charge on any atom is 0.401 e. The van der Waals surface area contributed by atoms with Gasteiger partial charge in [-0.15, -0.1) is 0 Å². The molecule has 11 heteroatoms. The first-order valence-corrected chi connectivity index (χ1v) is 11.2. The van der Waals surface area contributed by atoms with Gasteiger partial charge in [-0.25, -0.2) is 4.68 Å². The number of nitrogens with zero attached hydrogens (tertiary/aromatic N) is 3. The van der Waals surface area contributed by atoms with Crippen molar-refractivity contribution in [2.24, 2.45) is 7.05 Å². The molecule has 0 aliphatic rings. The Labute approximate surface area is 210 Å². The number of rotatable bonds is 9. The van der Waals surface area contributed by atoms with Gasteiger partial charge >= 0.3 is 6.18 Å². The van der Waals surface area contributed by atoms with Crippen molar-refractivity contribution >= 4 is 34.8 Å². The van der Waals surface area contributed by atoms with E-state index in [0.29, 0.717) is 11.3 Å². The molecule has 0 N–H and O–H groups in total. The predicted molar refractivity (Wildman–Crippen MR) is 126 cm³/mol. The Morgan fingerprint density at radius 1 is 1.11 bits per heavy atom. The van der Waals surface area contributed by atoms with Gasteiger partial charge in [-0.2, -0.15) is 18.3 Å². The lowest BCUT2D eigenvalue weighted by Gasteiger charge is -2.20. The number of hydrogen-bond acceptors (Lipinski definition) is 5. The smallest absolute Gasteiger partial charge is 0.401 e. The first-order valence-electron chi connectivity index (χ1n) is 10.4. The summed E-state index contributed by atoms with van der Waals surface area (Å²) < 4.78 is 45.3. The molecule has 1 aromatic heterocycles. The summed E-state index contributed by atoms with van der Waals surface area (Å²) in [6.45, 7) is -0.127. The van der Waals surface area contributed by atoms with Gasteiger partial charge in [0.2, 0.25) is 11.7 Å². The third-order valence-electron chi connectivity index (χ3n) is 5.14. The Morgan fingerprint density at radius 2 is 1.77 bits per heavy atom. The topological polar surface area (TPSA) is 64.4 Å². The standard InChI is InChI=1S/C24H22Cl2F3N3O3/c1-14-20(23(32(3)30-14)35-12-19(33)15-7-5-4-6-8-15)22(34)16-9-10-18(25)17(21(16)26)11-31(2)13-24(27,28)29/h4-10H,11-13H2,1-3H3. The summed E-state index contributed by atoms with van der Waals surface area (Å²) in [4.78, 5) is 26.9. The van der Waals surface area contributed by atoms with Crippen molar-refractivity contribution in [1.29, 1.82) is 0 Å². The zero-order valence-corrected chi connectivity index (χ0v) is 20.6. The minimum absolute atomic E-state index is 0.0295. The molecule has 0 unspecified atom stereocenters. The second-order valence-electron chi connectivity index (χ2n) is 7.97. The van der Waals surface area contributed by atoms with Gasteiger partial charge in [0.25, 0.3) is 0 Å². The monoisotopic (exact) mass is 527 g/mol. The number of aromatic nitrogens is 2. The van der Waals surface area contributed by atoms with Crippen molar-refractivity contribution in [2.45, 2.75) is 19.6 Å². The SMILES string of the molecule is Cc1nn(C)c(OCC(=O)c2ccccc2)c1C(=O)c1ccc(Cl)c(CN(C)CC(F)(F)F)c1Cl. The molecule has 3 aromatic rings. The van der Waals surface area contributed by atoms with Crippen LogP contribution >= 0.6 is 23.2 Å². The molecule has 0 fully saturated rings. The fraction of sp³-hybridized carbons (Fsp3) is 0.292. The van der Waals surface area contributed by atoms with E-state index in [1.54, 1.807) is 44.3 Å². The molecule has 2 aromatic carbocycles. The van der Waals surface area contributed by atoms with Crippen LogP contribution in [0, 0.1) is 6.92 Å². The molecule has 0 aliphatic carbocycles. The van der Waals surface area contributed by atoms with E-state index in [-0.39, 0.29) is 51.6 Å². The second kappa shape index (κ2) is 10.8. The van der Waals surface area contributed by atoms with Crippen LogP contribution in [0.5, 0.6) is 5.88 Å². The molecule has 0 aliphatic heterocycles. The molecule has 0 saturated heterocycles. The van der Waals surface area contributed by atoms with Gasteiger partial charge in [-0.1, -0.05) is 53.5 Å². The van der Waals surface area contributed by atoms with Crippen molar-refractivity contribution < 1.29 is 27.5 Å². The van der Waals surface area contributed by atoms with E-state index in [9.17, 15) is 22.8 Å². The highest BCUT2D eigenvalue weighted by atomic mass is 35.5. The fourth-order valence-electron chi connectivity index (χ4n) is 3.59. The minimum Gasteiger partial charge on any atom is -0.469 e. The second-order valence-corrected chi connectivity index (χ2v) is 8.76. The average Bonchev–Trinajstić information content (AvgIpc) is 3.06. The average molecular weight is 528 g/mol. The number of ether oxygens (including phenoxy) is 1. The van der Waals surface area contributed by atoms with Crippen LogP contribution in [-0.4, -0.2) is 52.6 Å². The number of hydrogen-bond donors (Lipinski definition) is 0. The number of carbonyl (C=O) groups is 2. The van der Waals surface area contributed by atoms with Crippen LogP contribution in [0.4, 0.5) is 13.2 Å². The van der Waals surface area contributed by atoms with E-state index in [2.05, 4.69) is 5.10 Å². The van der Waals surface area contributed by atoms with Crippen LogP contribution in [0.15, 0.2) is 42.5 Å². The number of Topliss-reactive ketones (excluding diaryl/α,β-unsaturated/α-hetero) is 1. The summed E-state index contributed by atoms with van der Waals surface area (Å²) in [6.07, 6.45) is -4.41. The molecule has 0 atom stereocenters. The first kappa shape index (κ1) is 26.7. The molecule has 0 spiro atoms. The summed E-state index contributed by atoms with van der Waals surface area (Å²) in [5, 5.41) is 4.29. The zero-order valence-electron chi connectivity index (χ0n) is 19.1. The Hall–Kier alpha value is -2.88. The van der Waals surface area contributed by atoms with Crippen molar-refractivity contribution in [3.63, 3.8) is 0 Å². The molecule has 0 amide bonds. The van der Waals surface area contributed by atoms with E-state index >= 15 is 0 Å². The van der Waals surface area contributed by atoms with E-state index in [1.165, 1.54) is 23.9 Å². The van der Waals surface area contributed by atoms with Crippen molar-refractivity contribution in [1.82, 2.24) is 14.7 Å². The van der Waals surface area contributed by atoms with Gasteiger partial charge in [0.1, 0.15) is 5.56 Å². The van der Waals surface area contributed by atoms with Crippen LogP contribution in [0.25, 0.3) is 0 Å². The van der Waals surface area contributed by atoms with Crippen LogP contribution < -0.4 is 4.74 Å². The molecular formula is C24H22Cl2F3N3O3. The third-order valence-corrected chi connectivity index (χ3v) is 5.93. The van der Waals surface area contributed by atoms with Crippen molar-refractivity contribution in [3.05, 3.63) is 80.5 Å². The van der Waals surface area contributed by atoms with E-state index in [0.717, 1.165) is 4.90 Å². The van der Waals surface area contributed by atoms with Crippen LogP contribution in [0.2, 0.25) is 10.0 Å². The van der Waals surface area contributed by atoms with E-state index < -0.39 is 18.5 Å². The molecule has 0 bridgehead atoms. The van der Waals surface area contributed by atoms with Crippen LogP contribution in [0.3, 0.4) is 0 Å². The van der Waals surface area contributed by atoms with Crippen molar-refractivity contribution in [2.75, 3.05) is 20.2 Å². The highest BCUT2D eigenvalue weighted by Crippen LogP contribution is 2.34. The first-order chi connectivity index (χ1) is 16.4. The molecule has 6 nitrogen and oxygen atoms in total. The molecule has 3 rings (SSSR count). The lowest BCUT2D eigenvalue weighted by Crippen LogP contribution is -2.30. The number of carbonyl (C=O) groups excluding carboxylic acids is 2. The van der Waals surface area contributed by atoms with Gasteiger partial charge in [-0.05, 0) is 26.1 Å². The fourth-order valence-corrected chi connectivity index (χ4v) is 4.17. The minimum atomic E-state index is -4.41. The number of halogens is 5. The maximum absolute atomic E-state index is 13.5. The summed E-state index contributed by atoms with van der Waals surface area (Å²) in [6, 6.07) is 11.3. The van der Waals surface area contributed by atoms with Gasteiger partial charge in [0.15, 0.2) is 12.4 Å².